The highest BCUT2D eigenvalue weighted by molar-refractivity contribution is 6.19. The molecule has 0 N–H and O–H groups in total. The molecule has 2 aliphatic rings. The van der Waals surface area contributed by atoms with Crippen molar-refractivity contribution in [3.63, 3.8) is 0 Å². The Bertz CT molecular complexity index is 384. The second-order valence-electron chi connectivity index (χ2n) is 2.81. The monoisotopic (exact) mass is 172 g/mol. The third-order valence-corrected chi connectivity index (χ3v) is 1.93. The van der Waals surface area contributed by atoms with Crippen LogP contribution < -0.4 is 0 Å². The molecular formula is C10H8N2O. The Kier molecular flexibility index (Phi) is 2.00. The summed E-state index contributed by atoms with van der Waals surface area (Å²) in [5.41, 5.74) is 2.64. The average molecular weight is 172 g/mol. The van der Waals surface area contributed by atoms with E-state index in [1.165, 1.54) is 0 Å². The smallest absolute Gasteiger partial charge is 0.146 e. The third kappa shape index (κ3) is 1.54. The molecule has 0 aromatic carbocycles. The van der Waals surface area contributed by atoms with Crippen molar-refractivity contribution in [3.8, 4) is 0 Å². The lowest BCUT2D eigenvalue weighted by Gasteiger charge is -2.08. The lowest BCUT2D eigenvalue weighted by Crippen LogP contribution is -2.09. The first-order chi connectivity index (χ1) is 6.40. The van der Waals surface area contributed by atoms with E-state index in [1.807, 2.05) is 6.08 Å². The van der Waals surface area contributed by atoms with E-state index in [2.05, 4.69) is 9.98 Å². The van der Waals surface area contributed by atoms with E-state index in [0.717, 1.165) is 23.1 Å². The van der Waals surface area contributed by atoms with Gasteiger partial charge in [0, 0.05) is 30.6 Å². The molecule has 0 fully saturated rings. The molecule has 0 atom stereocenters. The van der Waals surface area contributed by atoms with Crippen molar-refractivity contribution in [3.05, 3.63) is 35.7 Å². The minimum Gasteiger partial charge on any atom is -0.298 e. The van der Waals surface area contributed by atoms with Crippen molar-refractivity contribution >= 4 is 18.2 Å². The summed E-state index contributed by atoms with van der Waals surface area (Å²) in [5, 5.41) is 0. The minimum atomic E-state index is 0.603. The summed E-state index contributed by atoms with van der Waals surface area (Å²) in [5.74, 6) is 0. The second-order valence-corrected chi connectivity index (χ2v) is 2.81. The SMILES string of the molecule is O=CC1=CC=C2C=NC=CN=C2C1. The number of aldehydes is 1. The topological polar surface area (TPSA) is 41.8 Å². The Morgan fingerprint density at radius 3 is 3.08 bits per heavy atom. The lowest BCUT2D eigenvalue weighted by molar-refractivity contribution is -0.104. The molecule has 0 bridgehead atoms. The molecule has 0 aromatic rings. The summed E-state index contributed by atoms with van der Waals surface area (Å²) in [6.45, 7) is 0. The summed E-state index contributed by atoms with van der Waals surface area (Å²) >= 11 is 0. The summed E-state index contributed by atoms with van der Waals surface area (Å²) in [6.07, 6.45) is 10.2. The zero-order valence-corrected chi connectivity index (χ0v) is 6.97. The Labute approximate surface area is 75.9 Å². The van der Waals surface area contributed by atoms with Crippen molar-refractivity contribution in [2.24, 2.45) is 9.98 Å². The van der Waals surface area contributed by atoms with Gasteiger partial charge in [0.1, 0.15) is 6.29 Å². The minimum absolute atomic E-state index is 0.603. The first kappa shape index (κ1) is 7.86. The van der Waals surface area contributed by atoms with Crippen LogP contribution in [0.25, 0.3) is 0 Å². The fraction of sp³-hybridized carbons (Fsp3) is 0.100. The zero-order valence-electron chi connectivity index (χ0n) is 6.97. The van der Waals surface area contributed by atoms with Gasteiger partial charge in [0.15, 0.2) is 0 Å². The van der Waals surface area contributed by atoms with Crippen LogP contribution in [0.2, 0.25) is 0 Å². The number of carbonyl (C=O) groups excluding carboxylic acids is 1. The molecule has 0 radical (unpaired) electrons. The van der Waals surface area contributed by atoms with E-state index in [1.54, 1.807) is 24.7 Å². The Morgan fingerprint density at radius 2 is 2.23 bits per heavy atom. The van der Waals surface area contributed by atoms with Crippen LogP contribution in [0.15, 0.2) is 45.7 Å². The number of carbonyl (C=O) groups is 1. The molecule has 3 heteroatoms. The molecule has 0 saturated carbocycles. The highest BCUT2D eigenvalue weighted by Crippen LogP contribution is 2.15. The van der Waals surface area contributed by atoms with Crippen molar-refractivity contribution < 1.29 is 4.79 Å². The van der Waals surface area contributed by atoms with Crippen molar-refractivity contribution in [2.75, 3.05) is 0 Å². The van der Waals surface area contributed by atoms with Gasteiger partial charge in [-0.15, -0.1) is 0 Å². The highest BCUT2D eigenvalue weighted by atomic mass is 16.1. The molecule has 1 heterocycles. The standard InChI is InChI=1S/C10H8N2O/c13-7-8-1-2-9-6-11-3-4-12-10(9)5-8/h1-4,6-7H,5H2. The molecule has 0 amide bonds. The van der Waals surface area contributed by atoms with Crippen LogP contribution in [0.1, 0.15) is 6.42 Å². The van der Waals surface area contributed by atoms with Crippen LogP contribution in [0.4, 0.5) is 0 Å². The molecule has 3 nitrogen and oxygen atoms in total. The maximum Gasteiger partial charge on any atom is 0.146 e. The average Bonchev–Trinajstić information content (AvgIpc) is 2.41. The van der Waals surface area contributed by atoms with E-state index in [9.17, 15) is 4.79 Å². The molecule has 0 saturated heterocycles. The molecule has 13 heavy (non-hydrogen) atoms. The number of rotatable bonds is 1. The van der Waals surface area contributed by atoms with Gasteiger partial charge in [-0.3, -0.25) is 14.8 Å². The van der Waals surface area contributed by atoms with Gasteiger partial charge in [0.2, 0.25) is 0 Å². The first-order valence-electron chi connectivity index (χ1n) is 4.01. The van der Waals surface area contributed by atoms with Crippen LogP contribution in [0.3, 0.4) is 0 Å². The molecule has 0 unspecified atom stereocenters. The van der Waals surface area contributed by atoms with Crippen LogP contribution in [0.5, 0.6) is 0 Å². The number of aliphatic imine (C=N–C) groups is 2. The second kappa shape index (κ2) is 3.31. The van der Waals surface area contributed by atoms with Gasteiger partial charge < -0.3 is 0 Å². The fourth-order valence-electron chi connectivity index (χ4n) is 1.25. The Balaban J connectivity index is 2.40. The number of fused-ring (bicyclic) bond motifs is 1. The maximum absolute atomic E-state index is 10.5. The summed E-state index contributed by atoms with van der Waals surface area (Å²) in [7, 11) is 0. The van der Waals surface area contributed by atoms with Gasteiger partial charge in [-0.2, -0.15) is 0 Å². The lowest BCUT2D eigenvalue weighted by atomic mass is 9.98. The van der Waals surface area contributed by atoms with Crippen LogP contribution in [-0.4, -0.2) is 18.2 Å². The van der Waals surface area contributed by atoms with Crippen molar-refractivity contribution in [1.82, 2.24) is 0 Å². The first-order valence-corrected chi connectivity index (χ1v) is 4.01. The number of nitrogens with zero attached hydrogens (tertiary/aromatic N) is 2. The summed E-state index contributed by atoms with van der Waals surface area (Å²) in [4.78, 5) is 18.7. The van der Waals surface area contributed by atoms with Crippen molar-refractivity contribution in [2.45, 2.75) is 6.42 Å². The Morgan fingerprint density at radius 1 is 1.31 bits per heavy atom. The van der Waals surface area contributed by atoms with Crippen LogP contribution in [-0.2, 0) is 4.79 Å². The van der Waals surface area contributed by atoms with E-state index < -0.39 is 0 Å². The van der Waals surface area contributed by atoms with Gasteiger partial charge in [0.25, 0.3) is 0 Å². The molecule has 64 valence electrons. The number of allylic oxidation sites excluding steroid dienone is 4. The van der Waals surface area contributed by atoms with Gasteiger partial charge in [-0.05, 0) is 5.57 Å². The maximum atomic E-state index is 10.5. The van der Waals surface area contributed by atoms with E-state index in [0.29, 0.717) is 6.42 Å². The summed E-state index contributed by atoms with van der Waals surface area (Å²) in [6, 6.07) is 0. The predicted octanol–water partition coefficient (Wildman–Crippen LogP) is 1.44. The van der Waals surface area contributed by atoms with E-state index in [-0.39, 0.29) is 0 Å². The van der Waals surface area contributed by atoms with E-state index in [4.69, 9.17) is 0 Å². The van der Waals surface area contributed by atoms with Gasteiger partial charge >= 0.3 is 0 Å². The highest BCUT2D eigenvalue weighted by Gasteiger charge is 2.11. The predicted molar refractivity (Wildman–Crippen MR) is 51.9 cm³/mol. The molecule has 1 aliphatic carbocycles. The normalized spacial score (nSPS) is 19.5. The quantitative estimate of drug-likeness (QED) is 0.552. The molecular weight excluding hydrogens is 164 g/mol. The Hall–Kier alpha value is -1.77. The number of hydrogen-bond donors (Lipinski definition) is 0. The summed E-state index contributed by atoms with van der Waals surface area (Å²) < 4.78 is 0. The largest absolute Gasteiger partial charge is 0.298 e. The number of hydrogen-bond acceptors (Lipinski definition) is 3. The van der Waals surface area contributed by atoms with Gasteiger partial charge in [0.05, 0.1) is 5.71 Å². The molecule has 1 aliphatic heterocycles. The molecule has 0 aromatic heterocycles. The van der Waals surface area contributed by atoms with Crippen LogP contribution in [0, 0.1) is 0 Å². The van der Waals surface area contributed by atoms with Gasteiger partial charge in [-0.1, -0.05) is 12.2 Å². The fourth-order valence-corrected chi connectivity index (χ4v) is 1.25. The third-order valence-electron chi connectivity index (χ3n) is 1.93. The van der Waals surface area contributed by atoms with Crippen molar-refractivity contribution in [1.29, 1.82) is 0 Å². The van der Waals surface area contributed by atoms with Gasteiger partial charge in [-0.25, -0.2) is 0 Å². The molecule has 0 spiro atoms. The molecule has 2 rings (SSSR count). The van der Waals surface area contributed by atoms with E-state index >= 15 is 0 Å². The zero-order chi connectivity index (χ0) is 9.10. The van der Waals surface area contributed by atoms with Crippen LogP contribution >= 0.6 is 0 Å².